The lowest BCUT2D eigenvalue weighted by molar-refractivity contribution is 0.0774. The summed E-state index contributed by atoms with van der Waals surface area (Å²) in [5.74, 6) is 3.23. The predicted molar refractivity (Wildman–Crippen MR) is 198 cm³/mol. The molecule has 3 aliphatic rings. The van der Waals surface area contributed by atoms with Crippen LogP contribution in [0.2, 0.25) is 0 Å². The Balaban J connectivity index is 0.781. The van der Waals surface area contributed by atoms with Gasteiger partial charge >= 0.3 is 0 Å². The third-order valence-electron chi connectivity index (χ3n) is 10.1. The van der Waals surface area contributed by atoms with Gasteiger partial charge in [-0.3, -0.25) is 9.79 Å². The molecule has 0 bridgehead atoms. The molecule has 2 saturated heterocycles. The summed E-state index contributed by atoms with van der Waals surface area (Å²) in [6, 6.07) is 15.6. The van der Waals surface area contributed by atoms with Crippen molar-refractivity contribution in [3.8, 4) is 34.5 Å². The Morgan fingerprint density at radius 1 is 0.784 bits per heavy atom. The van der Waals surface area contributed by atoms with E-state index in [-0.39, 0.29) is 11.9 Å². The molecule has 0 saturated carbocycles. The molecule has 270 valence electrons. The molecular weight excluding hydrogens is 646 g/mol. The molecule has 1 aromatic heterocycles. The van der Waals surface area contributed by atoms with Crippen LogP contribution in [0.25, 0.3) is 22.6 Å². The number of carbonyl (C=O) groups excluding carboxylic acids is 1. The summed E-state index contributed by atoms with van der Waals surface area (Å²) in [6.07, 6.45) is 7.96. The Hall–Kier alpha value is -4.61. The zero-order valence-electron chi connectivity index (χ0n) is 30.1. The highest BCUT2D eigenvalue weighted by Gasteiger charge is 2.32. The van der Waals surface area contributed by atoms with Crippen LogP contribution in [0.1, 0.15) is 54.4 Å². The first-order valence-electron chi connectivity index (χ1n) is 18.3. The van der Waals surface area contributed by atoms with E-state index >= 15 is 0 Å². The quantitative estimate of drug-likeness (QED) is 0.125. The first-order chi connectivity index (χ1) is 25.0. The van der Waals surface area contributed by atoms with E-state index in [9.17, 15) is 4.79 Å². The number of nitrogens with zero attached hydrogens (tertiary/aromatic N) is 5. The maximum atomic E-state index is 13.1. The highest BCUT2D eigenvalue weighted by molar-refractivity contribution is 6.03. The zero-order valence-corrected chi connectivity index (χ0v) is 30.1. The molecule has 51 heavy (non-hydrogen) atoms. The van der Waals surface area contributed by atoms with E-state index in [1.807, 2.05) is 60.5 Å². The maximum absolute atomic E-state index is 13.1. The van der Waals surface area contributed by atoms with Gasteiger partial charge in [0, 0.05) is 50.6 Å². The van der Waals surface area contributed by atoms with Crippen molar-refractivity contribution in [1.29, 1.82) is 0 Å². The Bertz CT molecular complexity index is 1850. The Labute approximate surface area is 300 Å². The lowest BCUT2D eigenvalue weighted by Crippen LogP contribution is -2.46. The number of methoxy groups -OCH3 is 2. The number of rotatable bonds is 15. The van der Waals surface area contributed by atoms with Gasteiger partial charge in [-0.15, -0.1) is 0 Å². The van der Waals surface area contributed by atoms with Crippen LogP contribution < -0.4 is 18.9 Å². The molecule has 0 N–H and O–H groups in total. The van der Waals surface area contributed by atoms with Crippen LogP contribution in [0.3, 0.4) is 0 Å². The van der Waals surface area contributed by atoms with Crippen molar-refractivity contribution in [3.05, 3.63) is 59.7 Å². The number of amides is 1. The van der Waals surface area contributed by atoms with Gasteiger partial charge in [-0.05, 0) is 100 Å². The Kier molecular flexibility index (Phi) is 11.0. The van der Waals surface area contributed by atoms with Gasteiger partial charge in [0.05, 0.1) is 44.7 Å². The van der Waals surface area contributed by atoms with Crippen molar-refractivity contribution < 1.29 is 28.2 Å². The number of piperazine rings is 1. The fourth-order valence-electron chi connectivity index (χ4n) is 7.18. The van der Waals surface area contributed by atoms with E-state index in [0.29, 0.717) is 47.6 Å². The maximum Gasteiger partial charge on any atom is 0.256 e. The Morgan fingerprint density at radius 3 is 2.22 bits per heavy atom. The number of carbonyl (C=O) groups is 1. The largest absolute Gasteiger partial charge is 0.493 e. The van der Waals surface area contributed by atoms with Gasteiger partial charge in [-0.2, -0.15) is 0 Å². The molecule has 1 unspecified atom stereocenters. The predicted octanol–water partition coefficient (Wildman–Crippen LogP) is 6.78. The SMILES string of the molecule is COc1cc(-c2nc3cc(C)ccc3o2)ccc1OCCCCN1CCN(CCCCOc2cc3c(cc2OC)C(=O)N2CCCC2C=N3)CC1. The number of oxazole rings is 1. The minimum Gasteiger partial charge on any atom is -0.493 e. The first kappa shape index (κ1) is 34.8. The molecule has 11 nitrogen and oxygen atoms in total. The molecule has 1 atom stereocenters. The fraction of sp³-hybridized carbons (Fsp3) is 0.475. The molecule has 7 rings (SSSR count). The van der Waals surface area contributed by atoms with Crippen molar-refractivity contribution >= 4 is 28.9 Å². The summed E-state index contributed by atoms with van der Waals surface area (Å²) < 4.78 is 29.5. The summed E-state index contributed by atoms with van der Waals surface area (Å²) in [5, 5.41) is 0. The normalized spacial score (nSPS) is 17.7. The second-order valence-corrected chi connectivity index (χ2v) is 13.7. The van der Waals surface area contributed by atoms with E-state index in [2.05, 4.69) is 19.8 Å². The summed E-state index contributed by atoms with van der Waals surface area (Å²) >= 11 is 0. The van der Waals surface area contributed by atoms with Gasteiger partial charge < -0.3 is 38.1 Å². The number of benzene rings is 3. The number of ether oxygens (including phenoxy) is 4. The molecule has 4 aromatic rings. The van der Waals surface area contributed by atoms with Gasteiger partial charge in [0.2, 0.25) is 5.89 Å². The van der Waals surface area contributed by atoms with Gasteiger partial charge in [-0.1, -0.05) is 6.07 Å². The zero-order chi connectivity index (χ0) is 35.2. The smallest absolute Gasteiger partial charge is 0.256 e. The van der Waals surface area contributed by atoms with E-state index in [0.717, 1.165) is 112 Å². The summed E-state index contributed by atoms with van der Waals surface area (Å²) in [5.41, 5.74) is 4.88. The van der Waals surface area contributed by atoms with Crippen LogP contribution in [0.15, 0.2) is 57.9 Å². The van der Waals surface area contributed by atoms with Gasteiger partial charge in [-0.25, -0.2) is 4.98 Å². The molecular formula is C40H49N5O6. The number of hydrogen-bond acceptors (Lipinski definition) is 10. The van der Waals surface area contributed by atoms with Gasteiger partial charge in [0.15, 0.2) is 28.6 Å². The minimum absolute atomic E-state index is 0.0244. The molecule has 3 aromatic carbocycles. The molecule has 0 spiro atoms. The van der Waals surface area contributed by atoms with Crippen LogP contribution in [0.4, 0.5) is 5.69 Å². The summed E-state index contributed by atoms with van der Waals surface area (Å²) in [4.78, 5) is 29.4. The number of aromatic nitrogens is 1. The molecule has 11 heteroatoms. The van der Waals surface area contributed by atoms with Crippen molar-refractivity contribution in [2.75, 3.05) is 73.2 Å². The third kappa shape index (κ3) is 8.15. The molecule has 0 aliphatic carbocycles. The van der Waals surface area contributed by atoms with Crippen LogP contribution in [-0.4, -0.2) is 111 Å². The van der Waals surface area contributed by atoms with E-state index < -0.39 is 0 Å². The average molecular weight is 696 g/mol. The average Bonchev–Trinajstić information content (AvgIpc) is 3.78. The molecule has 2 fully saturated rings. The molecule has 1 amide bonds. The number of fused-ring (bicyclic) bond motifs is 3. The lowest BCUT2D eigenvalue weighted by Gasteiger charge is -2.34. The highest BCUT2D eigenvalue weighted by atomic mass is 16.5. The minimum atomic E-state index is 0.0244. The van der Waals surface area contributed by atoms with E-state index in [1.54, 1.807) is 20.3 Å². The van der Waals surface area contributed by atoms with Crippen molar-refractivity contribution in [1.82, 2.24) is 19.7 Å². The van der Waals surface area contributed by atoms with Crippen LogP contribution >= 0.6 is 0 Å². The summed E-state index contributed by atoms with van der Waals surface area (Å²) in [6.45, 7) is 10.6. The standard InChI is InChI=1S/C40H49N5O6/c1-28-10-12-34-33(23-28)42-39(51-34)29-11-13-35(36(24-29)47-2)49-21-6-4-14-43-17-19-44(20-18-43)15-5-7-22-50-38-26-32-31(25-37(38)48-3)40(46)45-16-8-9-30(45)27-41-32/h10-13,23-27,30H,4-9,14-22H2,1-3H3. The number of aliphatic imine (C=N–C) groups is 1. The number of hydrogen-bond donors (Lipinski definition) is 0. The first-order valence-corrected chi connectivity index (χ1v) is 18.3. The van der Waals surface area contributed by atoms with Gasteiger partial charge in [0.1, 0.15) is 5.52 Å². The topological polar surface area (TPSA) is 102 Å². The molecule has 4 heterocycles. The molecule has 0 radical (unpaired) electrons. The van der Waals surface area contributed by atoms with E-state index in [4.69, 9.17) is 23.4 Å². The van der Waals surface area contributed by atoms with Crippen molar-refractivity contribution in [2.24, 2.45) is 4.99 Å². The summed E-state index contributed by atoms with van der Waals surface area (Å²) in [7, 11) is 3.28. The third-order valence-corrected chi connectivity index (χ3v) is 10.1. The van der Waals surface area contributed by atoms with Crippen molar-refractivity contribution in [3.63, 3.8) is 0 Å². The number of unbranched alkanes of at least 4 members (excludes halogenated alkanes) is 2. The van der Waals surface area contributed by atoms with Crippen LogP contribution in [0.5, 0.6) is 23.0 Å². The Morgan fingerprint density at radius 2 is 1.49 bits per heavy atom. The highest BCUT2D eigenvalue weighted by Crippen LogP contribution is 2.38. The fourth-order valence-corrected chi connectivity index (χ4v) is 7.18. The monoisotopic (exact) mass is 695 g/mol. The van der Waals surface area contributed by atoms with Crippen molar-refractivity contribution in [2.45, 2.75) is 51.5 Å². The second kappa shape index (κ2) is 16.2. The lowest BCUT2D eigenvalue weighted by atomic mass is 10.1. The molecule has 3 aliphatic heterocycles. The van der Waals surface area contributed by atoms with Crippen LogP contribution in [0, 0.1) is 6.92 Å². The second-order valence-electron chi connectivity index (χ2n) is 13.7. The van der Waals surface area contributed by atoms with Crippen LogP contribution in [-0.2, 0) is 0 Å². The van der Waals surface area contributed by atoms with Gasteiger partial charge in [0.25, 0.3) is 5.91 Å². The number of aryl methyl sites for hydroxylation is 1. The van der Waals surface area contributed by atoms with E-state index in [1.165, 1.54) is 0 Å².